The van der Waals surface area contributed by atoms with Gasteiger partial charge in [0.05, 0.1) is 23.9 Å². The van der Waals surface area contributed by atoms with Crippen LogP contribution in [-0.4, -0.2) is 43.0 Å². The smallest absolute Gasteiger partial charge is 0.283 e. The summed E-state index contributed by atoms with van der Waals surface area (Å²) < 4.78 is 5.25. The largest absolute Gasteiger partial charge is 0.378 e. The molecule has 116 valence electrons. The first-order valence-electron chi connectivity index (χ1n) is 6.57. The molecule has 8 heteroatoms. The van der Waals surface area contributed by atoms with Gasteiger partial charge in [0, 0.05) is 18.1 Å². The summed E-state index contributed by atoms with van der Waals surface area (Å²) >= 11 is 18.1. The van der Waals surface area contributed by atoms with Gasteiger partial charge < -0.3 is 9.64 Å². The normalized spacial score (nSPS) is 19.4. The molecule has 5 nitrogen and oxygen atoms in total. The van der Waals surface area contributed by atoms with Gasteiger partial charge in [0.2, 0.25) is 0 Å². The minimum absolute atomic E-state index is 0.108. The lowest BCUT2D eigenvalue weighted by molar-refractivity contribution is -0.121. The molecular weight excluding hydrogens is 351 g/mol. The van der Waals surface area contributed by atoms with Crippen molar-refractivity contribution < 1.29 is 14.3 Å². The number of ether oxygens (including phenoxy) is 1. The maximum atomic E-state index is 12.7. The molecule has 1 aromatic rings. The Balaban J connectivity index is 1.98. The Morgan fingerprint density at radius 2 is 1.68 bits per heavy atom. The van der Waals surface area contributed by atoms with E-state index < -0.39 is 11.8 Å². The van der Waals surface area contributed by atoms with E-state index in [-0.39, 0.29) is 21.4 Å². The van der Waals surface area contributed by atoms with Gasteiger partial charge in [0.25, 0.3) is 11.8 Å². The minimum Gasteiger partial charge on any atom is -0.378 e. The zero-order chi connectivity index (χ0) is 15.9. The Labute approximate surface area is 142 Å². The molecule has 0 aromatic heterocycles. The highest BCUT2D eigenvalue weighted by Crippen LogP contribution is 2.36. The van der Waals surface area contributed by atoms with Crippen molar-refractivity contribution in [3.63, 3.8) is 0 Å². The summed E-state index contributed by atoms with van der Waals surface area (Å²) in [6, 6.07) is 4.57. The van der Waals surface area contributed by atoms with Crippen molar-refractivity contribution >= 4 is 52.3 Å². The minimum atomic E-state index is -0.600. The van der Waals surface area contributed by atoms with Crippen molar-refractivity contribution in [1.29, 1.82) is 0 Å². The maximum Gasteiger partial charge on any atom is 0.283 e. The van der Waals surface area contributed by atoms with Gasteiger partial charge in [-0.3, -0.25) is 9.59 Å². The number of rotatable bonds is 2. The van der Waals surface area contributed by atoms with Gasteiger partial charge >= 0.3 is 0 Å². The summed E-state index contributed by atoms with van der Waals surface area (Å²) in [5.41, 5.74) is 0.414. The molecule has 22 heavy (non-hydrogen) atoms. The van der Waals surface area contributed by atoms with Crippen LogP contribution in [0.3, 0.4) is 0 Å². The second kappa shape index (κ2) is 6.08. The van der Waals surface area contributed by atoms with E-state index in [1.165, 1.54) is 12.1 Å². The molecule has 0 N–H and O–H groups in total. The first-order chi connectivity index (χ1) is 10.5. The number of carbonyl (C=O) groups is 2. The number of halogens is 3. The maximum absolute atomic E-state index is 12.7. The van der Waals surface area contributed by atoms with Crippen LogP contribution in [0.15, 0.2) is 28.9 Å². The third-order valence-electron chi connectivity index (χ3n) is 3.48. The molecule has 1 fully saturated rings. The van der Waals surface area contributed by atoms with E-state index in [4.69, 9.17) is 39.5 Å². The first kappa shape index (κ1) is 15.6. The van der Waals surface area contributed by atoms with Gasteiger partial charge in [-0.25, -0.2) is 4.90 Å². The zero-order valence-corrected chi connectivity index (χ0v) is 13.6. The van der Waals surface area contributed by atoms with E-state index in [0.29, 0.717) is 31.3 Å². The molecule has 2 amide bonds. The second-order valence-electron chi connectivity index (χ2n) is 4.80. The molecule has 0 radical (unpaired) electrons. The molecule has 2 aliphatic heterocycles. The summed E-state index contributed by atoms with van der Waals surface area (Å²) in [5.74, 6) is -1.10. The van der Waals surface area contributed by atoms with Crippen molar-refractivity contribution in [1.82, 2.24) is 4.90 Å². The number of carbonyl (C=O) groups excluding carboxylic acids is 2. The van der Waals surface area contributed by atoms with E-state index >= 15 is 0 Å². The summed E-state index contributed by atoms with van der Waals surface area (Å²) in [6.45, 7) is 1.96. The number of imide groups is 1. The quantitative estimate of drug-likeness (QED) is 0.760. The molecule has 0 unspecified atom stereocenters. The Morgan fingerprint density at radius 3 is 2.36 bits per heavy atom. The number of anilines is 1. The molecule has 1 saturated heterocycles. The van der Waals surface area contributed by atoms with Crippen molar-refractivity contribution in [2.24, 2.45) is 0 Å². The van der Waals surface area contributed by atoms with Crippen LogP contribution in [0, 0.1) is 0 Å². The molecule has 0 atom stereocenters. The Hall–Kier alpha value is -1.27. The first-order valence-corrected chi connectivity index (χ1v) is 7.70. The highest BCUT2D eigenvalue weighted by molar-refractivity contribution is 6.53. The number of hydrogen-bond acceptors (Lipinski definition) is 4. The van der Waals surface area contributed by atoms with Crippen LogP contribution in [0.25, 0.3) is 0 Å². The summed E-state index contributed by atoms with van der Waals surface area (Å²) in [6.07, 6.45) is 0. The topological polar surface area (TPSA) is 49.9 Å². The fourth-order valence-electron chi connectivity index (χ4n) is 2.43. The van der Waals surface area contributed by atoms with E-state index in [9.17, 15) is 9.59 Å². The number of hydrogen-bond donors (Lipinski definition) is 0. The summed E-state index contributed by atoms with van der Waals surface area (Å²) in [5, 5.41) is 0.512. The van der Waals surface area contributed by atoms with Crippen LogP contribution in [-0.2, 0) is 14.3 Å². The molecular formula is C14H11Cl3N2O3. The lowest BCUT2D eigenvalue weighted by Crippen LogP contribution is -2.40. The van der Waals surface area contributed by atoms with Crippen LogP contribution < -0.4 is 4.90 Å². The van der Waals surface area contributed by atoms with Crippen LogP contribution in [0.4, 0.5) is 5.69 Å². The molecule has 3 rings (SSSR count). The lowest BCUT2D eigenvalue weighted by atomic mass is 10.3. The second-order valence-corrected chi connectivity index (χ2v) is 6.03. The summed E-state index contributed by atoms with van der Waals surface area (Å²) in [4.78, 5) is 27.8. The highest BCUT2D eigenvalue weighted by Gasteiger charge is 2.42. The van der Waals surface area contributed by atoms with Gasteiger partial charge in [-0.2, -0.15) is 0 Å². The Morgan fingerprint density at radius 1 is 1.00 bits per heavy atom. The number of amides is 2. The Bertz CT molecular complexity index is 684. The third-order valence-corrected chi connectivity index (χ3v) is 4.38. The van der Waals surface area contributed by atoms with Gasteiger partial charge in [0.1, 0.15) is 10.7 Å². The predicted molar refractivity (Wildman–Crippen MR) is 84.2 cm³/mol. The van der Waals surface area contributed by atoms with Crippen molar-refractivity contribution in [2.75, 3.05) is 31.2 Å². The molecule has 2 heterocycles. The van der Waals surface area contributed by atoms with E-state index in [1.807, 2.05) is 0 Å². The van der Waals surface area contributed by atoms with Gasteiger partial charge in [-0.1, -0.05) is 34.8 Å². The fraction of sp³-hybridized carbons (Fsp3) is 0.286. The number of morpholine rings is 1. The van der Waals surface area contributed by atoms with Crippen LogP contribution in [0.5, 0.6) is 0 Å². The Kier molecular flexibility index (Phi) is 4.32. The number of benzene rings is 1. The molecule has 0 saturated carbocycles. The summed E-state index contributed by atoms with van der Waals surface area (Å²) in [7, 11) is 0. The average Bonchev–Trinajstić information content (AvgIpc) is 2.73. The average molecular weight is 362 g/mol. The van der Waals surface area contributed by atoms with E-state index in [0.717, 1.165) is 4.90 Å². The van der Waals surface area contributed by atoms with Crippen molar-refractivity contribution in [2.45, 2.75) is 0 Å². The molecule has 1 aromatic carbocycles. The van der Waals surface area contributed by atoms with E-state index in [1.54, 1.807) is 11.0 Å². The molecule has 0 spiro atoms. The van der Waals surface area contributed by atoms with Crippen molar-refractivity contribution in [3.8, 4) is 0 Å². The van der Waals surface area contributed by atoms with E-state index in [2.05, 4.69) is 0 Å². The van der Waals surface area contributed by atoms with Crippen molar-refractivity contribution in [3.05, 3.63) is 39.0 Å². The van der Waals surface area contributed by atoms with Gasteiger partial charge in [-0.15, -0.1) is 0 Å². The van der Waals surface area contributed by atoms with Crippen LogP contribution in [0.2, 0.25) is 10.0 Å². The highest BCUT2D eigenvalue weighted by atomic mass is 35.5. The lowest BCUT2D eigenvalue weighted by Gasteiger charge is -2.29. The molecule has 0 aliphatic carbocycles. The number of nitrogens with zero attached hydrogens (tertiary/aromatic N) is 2. The molecule has 0 bridgehead atoms. The molecule has 2 aliphatic rings. The monoisotopic (exact) mass is 360 g/mol. The zero-order valence-electron chi connectivity index (χ0n) is 11.3. The van der Waals surface area contributed by atoms with Gasteiger partial charge in [0.15, 0.2) is 0 Å². The van der Waals surface area contributed by atoms with Crippen LogP contribution in [0.1, 0.15) is 0 Å². The SMILES string of the molecule is O=C1C(Cl)=C(N2CCOCC2)C(=O)N1c1cc(Cl)ccc1Cl. The van der Waals surface area contributed by atoms with Crippen LogP contribution >= 0.6 is 34.8 Å². The van der Waals surface area contributed by atoms with Gasteiger partial charge in [-0.05, 0) is 18.2 Å². The fourth-order valence-corrected chi connectivity index (χ4v) is 3.08. The third kappa shape index (κ3) is 2.58. The standard InChI is InChI=1S/C14H11Cl3N2O3/c15-8-1-2-9(16)10(7-8)19-13(20)11(17)12(14(19)21)18-3-5-22-6-4-18/h1-2,7H,3-6H2. The predicted octanol–water partition coefficient (Wildman–Crippen LogP) is 2.65.